The van der Waals surface area contributed by atoms with Crippen LogP contribution in [-0.4, -0.2) is 5.78 Å². The highest BCUT2D eigenvalue weighted by Gasteiger charge is 2.09. The minimum absolute atomic E-state index is 0.00213. The van der Waals surface area contributed by atoms with Gasteiger partial charge in [0.15, 0.2) is 5.78 Å². The fourth-order valence-electron chi connectivity index (χ4n) is 1.71. The number of anilines is 1. The molecule has 0 bridgehead atoms. The molecule has 4 heteroatoms. The van der Waals surface area contributed by atoms with Crippen LogP contribution in [0.5, 0.6) is 0 Å². The molecule has 0 saturated heterocycles. The van der Waals surface area contributed by atoms with Crippen LogP contribution in [-0.2, 0) is 6.42 Å². The number of hydrogen-bond acceptors (Lipinski definition) is 2. The summed E-state index contributed by atoms with van der Waals surface area (Å²) >= 11 is 9.26. The average Bonchev–Trinajstić information content (AvgIpc) is 2.27. The van der Waals surface area contributed by atoms with Gasteiger partial charge in [0.25, 0.3) is 0 Å². The molecule has 0 aliphatic carbocycles. The summed E-state index contributed by atoms with van der Waals surface area (Å²) in [5, 5.41) is 0.479. The zero-order valence-electron chi connectivity index (χ0n) is 9.49. The molecule has 92 valence electrons. The molecule has 0 heterocycles. The van der Waals surface area contributed by atoms with Crippen LogP contribution in [0.4, 0.5) is 5.69 Å². The van der Waals surface area contributed by atoms with Crippen molar-refractivity contribution in [2.75, 3.05) is 5.73 Å². The van der Waals surface area contributed by atoms with Crippen molar-refractivity contribution in [3.05, 3.63) is 63.1 Å². The molecule has 0 aliphatic heterocycles. The van der Waals surface area contributed by atoms with Crippen LogP contribution in [0.1, 0.15) is 15.9 Å². The lowest BCUT2D eigenvalue weighted by Gasteiger charge is -2.04. The fraction of sp³-hybridized carbons (Fsp3) is 0.0714. The van der Waals surface area contributed by atoms with Crippen molar-refractivity contribution in [2.45, 2.75) is 6.42 Å². The first-order chi connectivity index (χ1) is 8.54. The Morgan fingerprint density at radius 2 is 2.00 bits per heavy atom. The smallest absolute Gasteiger partial charge is 0.167 e. The first-order valence-corrected chi connectivity index (χ1v) is 6.55. The molecule has 2 aromatic carbocycles. The van der Waals surface area contributed by atoms with Crippen LogP contribution >= 0.6 is 27.5 Å². The Bertz CT molecular complexity index is 578. The normalized spacial score (nSPS) is 10.3. The number of hydrogen-bond donors (Lipinski definition) is 1. The van der Waals surface area contributed by atoms with Gasteiger partial charge in [0.2, 0.25) is 0 Å². The lowest BCUT2D eigenvalue weighted by Crippen LogP contribution is -2.04. The fourth-order valence-corrected chi connectivity index (χ4v) is 2.40. The topological polar surface area (TPSA) is 43.1 Å². The van der Waals surface area contributed by atoms with Crippen LogP contribution in [0.3, 0.4) is 0 Å². The van der Waals surface area contributed by atoms with Crippen LogP contribution in [0, 0.1) is 0 Å². The third-order valence-corrected chi connectivity index (χ3v) is 3.21. The third kappa shape index (κ3) is 3.34. The Labute approximate surface area is 119 Å². The predicted octanol–water partition coefficient (Wildman–Crippen LogP) is 4.11. The molecule has 0 unspecified atom stereocenters. The van der Waals surface area contributed by atoms with Crippen LogP contribution in [0.15, 0.2) is 46.9 Å². The molecular weight excluding hydrogens is 314 g/mol. The van der Waals surface area contributed by atoms with Crippen molar-refractivity contribution >= 4 is 39.0 Å². The van der Waals surface area contributed by atoms with E-state index in [1.165, 1.54) is 0 Å². The van der Waals surface area contributed by atoms with E-state index in [0.29, 0.717) is 22.7 Å². The number of benzene rings is 2. The van der Waals surface area contributed by atoms with E-state index in [2.05, 4.69) is 15.9 Å². The molecule has 0 fully saturated rings. The van der Waals surface area contributed by atoms with E-state index < -0.39 is 0 Å². The molecule has 0 aliphatic rings. The van der Waals surface area contributed by atoms with Crippen LogP contribution in [0.2, 0.25) is 5.02 Å². The molecule has 2 aromatic rings. The lowest BCUT2D eigenvalue weighted by atomic mass is 10.0. The van der Waals surface area contributed by atoms with Gasteiger partial charge in [-0.2, -0.15) is 0 Å². The maximum Gasteiger partial charge on any atom is 0.167 e. The first-order valence-electron chi connectivity index (χ1n) is 5.38. The Morgan fingerprint density at radius 1 is 1.22 bits per heavy atom. The summed E-state index contributed by atoms with van der Waals surface area (Å²) in [6.07, 6.45) is 0.333. The van der Waals surface area contributed by atoms with E-state index in [0.717, 1.165) is 10.0 Å². The second-order valence-corrected chi connectivity index (χ2v) is 5.36. The molecule has 0 amide bonds. The van der Waals surface area contributed by atoms with Gasteiger partial charge in [-0.25, -0.2) is 0 Å². The highest BCUT2D eigenvalue weighted by atomic mass is 79.9. The van der Waals surface area contributed by atoms with E-state index in [1.54, 1.807) is 18.2 Å². The molecule has 2 rings (SSSR count). The van der Waals surface area contributed by atoms with Gasteiger partial charge in [-0.15, -0.1) is 0 Å². The summed E-state index contributed by atoms with van der Waals surface area (Å²) in [6, 6.07) is 12.6. The highest BCUT2D eigenvalue weighted by molar-refractivity contribution is 9.10. The van der Waals surface area contributed by atoms with Crippen molar-refractivity contribution in [1.29, 1.82) is 0 Å². The van der Waals surface area contributed by atoms with E-state index >= 15 is 0 Å². The molecule has 0 aromatic heterocycles. The van der Waals surface area contributed by atoms with Crippen LogP contribution in [0.25, 0.3) is 0 Å². The van der Waals surface area contributed by atoms with Gasteiger partial charge in [0.05, 0.1) is 0 Å². The standard InChI is InChI=1S/C14H11BrClNO/c15-11-3-1-2-9(4-11)5-14(18)10-6-12(16)8-13(17)7-10/h1-4,6-8H,5,17H2. The molecule has 2 N–H and O–H groups in total. The number of nitrogens with two attached hydrogens (primary N) is 1. The summed E-state index contributed by atoms with van der Waals surface area (Å²) in [5.74, 6) is 0.00213. The number of carbonyl (C=O) groups is 1. The number of nitrogen functional groups attached to an aromatic ring is 1. The Kier molecular flexibility index (Phi) is 4.04. The molecule has 18 heavy (non-hydrogen) atoms. The molecule has 0 saturated carbocycles. The Morgan fingerprint density at radius 3 is 2.67 bits per heavy atom. The zero-order chi connectivity index (χ0) is 13.1. The summed E-state index contributed by atoms with van der Waals surface area (Å²) in [6.45, 7) is 0. The zero-order valence-corrected chi connectivity index (χ0v) is 11.8. The monoisotopic (exact) mass is 323 g/mol. The minimum atomic E-state index is 0.00213. The van der Waals surface area contributed by atoms with Crippen molar-refractivity contribution in [3.63, 3.8) is 0 Å². The van der Waals surface area contributed by atoms with Gasteiger partial charge in [-0.1, -0.05) is 39.7 Å². The predicted molar refractivity (Wildman–Crippen MR) is 78.0 cm³/mol. The largest absolute Gasteiger partial charge is 0.399 e. The van der Waals surface area contributed by atoms with E-state index in [-0.39, 0.29) is 5.78 Å². The van der Waals surface area contributed by atoms with E-state index in [4.69, 9.17) is 17.3 Å². The summed E-state index contributed by atoms with van der Waals surface area (Å²) in [4.78, 5) is 12.1. The molecule has 2 nitrogen and oxygen atoms in total. The Balaban J connectivity index is 2.22. The maximum atomic E-state index is 12.1. The van der Waals surface area contributed by atoms with Crippen molar-refractivity contribution in [1.82, 2.24) is 0 Å². The second-order valence-electron chi connectivity index (χ2n) is 4.00. The third-order valence-electron chi connectivity index (χ3n) is 2.50. The minimum Gasteiger partial charge on any atom is -0.399 e. The van der Waals surface area contributed by atoms with Gasteiger partial charge in [-0.05, 0) is 35.9 Å². The number of halogens is 2. The number of rotatable bonds is 3. The lowest BCUT2D eigenvalue weighted by molar-refractivity contribution is 0.0993. The maximum absolute atomic E-state index is 12.1. The first kappa shape index (κ1) is 13.1. The molecular formula is C14H11BrClNO. The highest BCUT2D eigenvalue weighted by Crippen LogP contribution is 2.19. The van der Waals surface area contributed by atoms with Crippen molar-refractivity contribution < 1.29 is 4.79 Å². The van der Waals surface area contributed by atoms with E-state index in [1.807, 2.05) is 24.3 Å². The molecule has 0 spiro atoms. The van der Waals surface area contributed by atoms with Gasteiger partial charge >= 0.3 is 0 Å². The number of Topliss-reactive ketones (excluding diaryl/α,β-unsaturated/α-hetero) is 1. The number of carbonyl (C=O) groups excluding carboxylic acids is 1. The summed E-state index contributed by atoms with van der Waals surface area (Å²) in [5.41, 5.74) is 7.66. The van der Waals surface area contributed by atoms with Gasteiger partial charge in [0, 0.05) is 27.2 Å². The van der Waals surface area contributed by atoms with Crippen molar-refractivity contribution in [3.8, 4) is 0 Å². The molecule has 0 radical (unpaired) electrons. The molecule has 0 atom stereocenters. The van der Waals surface area contributed by atoms with Crippen molar-refractivity contribution in [2.24, 2.45) is 0 Å². The Hall–Kier alpha value is -1.32. The SMILES string of the molecule is Nc1cc(Cl)cc(C(=O)Cc2cccc(Br)c2)c1. The average molecular weight is 325 g/mol. The second kappa shape index (κ2) is 5.55. The van der Waals surface area contributed by atoms with Crippen LogP contribution < -0.4 is 5.73 Å². The van der Waals surface area contributed by atoms with Gasteiger partial charge in [-0.3, -0.25) is 4.79 Å². The summed E-state index contributed by atoms with van der Waals surface area (Å²) < 4.78 is 0.957. The van der Waals surface area contributed by atoms with E-state index in [9.17, 15) is 4.79 Å². The van der Waals surface area contributed by atoms with Gasteiger partial charge < -0.3 is 5.73 Å². The quantitative estimate of drug-likeness (QED) is 0.682. The summed E-state index contributed by atoms with van der Waals surface area (Å²) in [7, 11) is 0. The van der Waals surface area contributed by atoms with Gasteiger partial charge in [0.1, 0.15) is 0 Å². The number of ketones is 1.